The molecule has 1 aliphatic carbocycles. The van der Waals surface area contributed by atoms with Gasteiger partial charge in [-0.15, -0.1) is 0 Å². The fraction of sp³-hybridized carbons (Fsp3) is 0.375. The van der Waals surface area contributed by atoms with E-state index < -0.39 is 0 Å². The zero-order valence-corrected chi connectivity index (χ0v) is 16.8. The van der Waals surface area contributed by atoms with Gasteiger partial charge in [-0.25, -0.2) is 4.98 Å². The van der Waals surface area contributed by atoms with Crippen LogP contribution in [-0.4, -0.2) is 21.5 Å². The Morgan fingerprint density at radius 3 is 2.59 bits per heavy atom. The molecule has 0 radical (unpaired) electrons. The van der Waals surface area contributed by atoms with Crippen molar-refractivity contribution in [2.45, 2.75) is 57.5 Å². The van der Waals surface area contributed by atoms with Gasteiger partial charge in [0.2, 0.25) is 5.91 Å². The van der Waals surface area contributed by atoms with Gasteiger partial charge in [-0.2, -0.15) is 0 Å². The Hall–Kier alpha value is -2.95. The van der Waals surface area contributed by atoms with Crippen LogP contribution in [0, 0.1) is 6.92 Å². The normalized spacial score (nSPS) is 19.2. The second kappa shape index (κ2) is 8.60. The summed E-state index contributed by atoms with van der Waals surface area (Å²) in [6.07, 6.45) is 6.04. The number of aromatic nitrogens is 2. The maximum atomic E-state index is 12.6. The summed E-state index contributed by atoms with van der Waals surface area (Å²) in [6.45, 7) is 2.29. The summed E-state index contributed by atoms with van der Waals surface area (Å²) in [7, 11) is 0. The zero-order chi connectivity index (χ0) is 20.2. The molecule has 29 heavy (non-hydrogen) atoms. The highest BCUT2D eigenvalue weighted by molar-refractivity contribution is 5.80. The van der Waals surface area contributed by atoms with E-state index >= 15 is 0 Å². The summed E-state index contributed by atoms with van der Waals surface area (Å²) >= 11 is 0. The molecule has 1 heterocycles. The van der Waals surface area contributed by atoms with Crippen molar-refractivity contribution in [2.24, 2.45) is 0 Å². The van der Waals surface area contributed by atoms with Crippen molar-refractivity contribution in [1.29, 1.82) is 0 Å². The third-order valence-corrected chi connectivity index (χ3v) is 6.00. The number of carbonyl (C=O) groups excluding carboxylic acids is 1. The van der Waals surface area contributed by atoms with Crippen molar-refractivity contribution in [2.75, 3.05) is 0 Å². The first-order valence-electron chi connectivity index (χ1n) is 10.4. The van der Waals surface area contributed by atoms with E-state index in [-0.39, 0.29) is 23.9 Å². The van der Waals surface area contributed by atoms with E-state index in [9.17, 15) is 9.59 Å². The summed E-state index contributed by atoms with van der Waals surface area (Å²) in [6, 6.07) is 16.5. The average Bonchev–Trinajstić information content (AvgIpc) is 2.75. The highest BCUT2D eigenvalue weighted by Gasteiger charge is 2.23. The topological polar surface area (TPSA) is 64.0 Å². The lowest BCUT2D eigenvalue weighted by molar-refractivity contribution is -0.122. The average molecular weight is 389 g/mol. The van der Waals surface area contributed by atoms with E-state index in [0.29, 0.717) is 17.8 Å². The summed E-state index contributed by atoms with van der Waals surface area (Å²) in [5.41, 5.74) is 3.02. The molecule has 150 valence electrons. The van der Waals surface area contributed by atoms with Crippen LogP contribution in [0.2, 0.25) is 0 Å². The van der Waals surface area contributed by atoms with Crippen LogP contribution in [0.15, 0.2) is 59.7 Å². The summed E-state index contributed by atoms with van der Waals surface area (Å²) in [5, 5.41) is 3.76. The maximum Gasteiger partial charge on any atom is 0.261 e. The quantitative estimate of drug-likeness (QED) is 0.719. The molecular formula is C24H27N3O2. The van der Waals surface area contributed by atoms with Gasteiger partial charge in [0.05, 0.1) is 17.2 Å². The van der Waals surface area contributed by atoms with Gasteiger partial charge in [0.1, 0.15) is 0 Å². The standard InChI is InChI=1S/C24H27N3O2/c1-17-6-5-9-21-23(17)25-16-27(24(21)29)15-14-22(28)26-20-12-10-19(11-13-20)18-7-3-2-4-8-18/h2-9,16,19-20H,10-15H2,1H3,(H,26,28). The molecule has 0 unspecified atom stereocenters. The van der Waals surface area contributed by atoms with E-state index in [4.69, 9.17) is 0 Å². The smallest absolute Gasteiger partial charge is 0.261 e. The molecule has 1 saturated carbocycles. The second-order valence-electron chi connectivity index (χ2n) is 7.99. The first-order chi connectivity index (χ1) is 14.1. The Labute approximate surface area is 170 Å². The molecule has 5 heteroatoms. The van der Waals surface area contributed by atoms with Crippen LogP contribution in [0.5, 0.6) is 0 Å². The van der Waals surface area contributed by atoms with Gasteiger partial charge >= 0.3 is 0 Å². The van der Waals surface area contributed by atoms with E-state index in [0.717, 1.165) is 36.8 Å². The van der Waals surface area contributed by atoms with E-state index in [1.54, 1.807) is 12.4 Å². The molecule has 2 aromatic carbocycles. The molecule has 0 atom stereocenters. The van der Waals surface area contributed by atoms with Crippen molar-refractivity contribution < 1.29 is 4.79 Å². The van der Waals surface area contributed by atoms with Crippen LogP contribution in [-0.2, 0) is 11.3 Å². The number of hydrogen-bond donors (Lipinski definition) is 1. The van der Waals surface area contributed by atoms with Crippen LogP contribution in [0.1, 0.15) is 49.1 Å². The monoisotopic (exact) mass is 389 g/mol. The predicted molar refractivity (Wildman–Crippen MR) is 115 cm³/mol. The Bertz CT molecular complexity index is 1050. The SMILES string of the molecule is Cc1cccc2c(=O)n(CCC(=O)NC3CCC(c4ccccc4)CC3)cnc12. The molecule has 0 aliphatic heterocycles. The molecule has 1 fully saturated rings. The molecule has 1 N–H and O–H groups in total. The molecule has 0 saturated heterocycles. The number of benzene rings is 2. The lowest BCUT2D eigenvalue weighted by Gasteiger charge is -2.29. The van der Waals surface area contributed by atoms with Crippen LogP contribution >= 0.6 is 0 Å². The van der Waals surface area contributed by atoms with Crippen LogP contribution in [0.25, 0.3) is 10.9 Å². The lowest BCUT2D eigenvalue weighted by atomic mass is 9.82. The zero-order valence-electron chi connectivity index (χ0n) is 16.8. The second-order valence-corrected chi connectivity index (χ2v) is 7.99. The summed E-state index contributed by atoms with van der Waals surface area (Å²) in [5.74, 6) is 0.597. The largest absolute Gasteiger partial charge is 0.353 e. The minimum Gasteiger partial charge on any atom is -0.353 e. The Balaban J connectivity index is 1.30. The third kappa shape index (κ3) is 4.39. The highest BCUT2D eigenvalue weighted by Crippen LogP contribution is 2.32. The Morgan fingerprint density at radius 2 is 1.83 bits per heavy atom. The van der Waals surface area contributed by atoms with Gasteiger partial charge in [0.15, 0.2) is 0 Å². The van der Waals surface area contributed by atoms with Gasteiger partial charge < -0.3 is 5.32 Å². The molecular weight excluding hydrogens is 362 g/mol. The van der Waals surface area contributed by atoms with E-state index in [1.165, 1.54) is 10.1 Å². The first-order valence-corrected chi connectivity index (χ1v) is 10.4. The Kier molecular flexibility index (Phi) is 5.74. The fourth-order valence-electron chi connectivity index (χ4n) is 4.31. The molecule has 0 spiro atoms. The molecule has 1 aliphatic rings. The number of nitrogens with one attached hydrogen (secondary N) is 1. The minimum atomic E-state index is -0.0881. The molecule has 4 rings (SSSR count). The number of carbonyl (C=O) groups is 1. The number of para-hydroxylation sites is 1. The maximum absolute atomic E-state index is 12.6. The van der Waals surface area contributed by atoms with Gasteiger partial charge in [-0.05, 0) is 55.7 Å². The first kappa shape index (κ1) is 19.4. The van der Waals surface area contributed by atoms with Crippen molar-refractivity contribution in [1.82, 2.24) is 14.9 Å². The van der Waals surface area contributed by atoms with Crippen molar-refractivity contribution >= 4 is 16.8 Å². The molecule has 1 amide bonds. The van der Waals surface area contributed by atoms with Gasteiger partial charge in [0, 0.05) is 19.0 Å². The van der Waals surface area contributed by atoms with E-state index in [2.05, 4.69) is 34.6 Å². The summed E-state index contributed by atoms with van der Waals surface area (Å²) in [4.78, 5) is 29.5. The third-order valence-electron chi connectivity index (χ3n) is 6.00. The number of hydrogen-bond acceptors (Lipinski definition) is 3. The number of rotatable bonds is 5. The van der Waals surface area contributed by atoms with Gasteiger partial charge in [-0.3, -0.25) is 14.2 Å². The number of fused-ring (bicyclic) bond motifs is 1. The van der Waals surface area contributed by atoms with Crippen LogP contribution in [0.4, 0.5) is 0 Å². The van der Waals surface area contributed by atoms with Crippen LogP contribution in [0.3, 0.4) is 0 Å². The molecule has 5 nitrogen and oxygen atoms in total. The van der Waals surface area contributed by atoms with Crippen molar-refractivity contribution in [3.8, 4) is 0 Å². The minimum absolute atomic E-state index is 0.00407. The van der Waals surface area contributed by atoms with Gasteiger partial charge in [-0.1, -0.05) is 42.5 Å². The lowest BCUT2D eigenvalue weighted by Crippen LogP contribution is -2.38. The molecule has 1 aromatic heterocycles. The Morgan fingerprint density at radius 1 is 1.07 bits per heavy atom. The van der Waals surface area contributed by atoms with Crippen molar-refractivity contribution in [3.63, 3.8) is 0 Å². The number of aryl methyl sites for hydroxylation is 2. The van der Waals surface area contributed by atoms with Gasteiger partial charge in [0.25, 0.3) is 5.56 Å². The molecule has 3 aromatic rings. The number of nitrogens with zero attached hydrogens (tertiary/aromatic N) is 2. The van der Waals surface area contributed by atoms with Crippen LogP contribution < -0.4 is 10.9 Å². The molecule has 0 bridgehead atoms. The number of amides is 1. The summed E-state index contributed by atoms with van der Waals surface area (Å²) < 4.78 is 1.54. The van der Waals surface area contributed by atoms with Crippen molar-refractivity contribution in [3.05, 3.63) is 76.3 Å². The van der Waals surface area contributed by atoms with E-state index in [1.807, 2.05) is 25.1 Å². The highest BCUT2D eigenvalue weighted by atomic mass is 16.2. The predicted octanol–water partition coefficient (Wildman–Crippen LogP) is 3.94. The fourth-order valence-corrected chi connectivity index (χ4v) is 4.31.